The molecular weight excluding hydrogens is 404 g/mol. The predicted molar refractivity (Wildman–Crippen MR) is 110 cm³/mol. The van der Waals surface area contributed by atoms with Gasteiger partial charge in [-0.1, -0.05) is 41.6 Å². The van der Waals surface area contributed by atoms with Crippen LogP contribution in [0.2, 0.25) is 5.02 Å². The second-order valence-electron chi connectivity index (χ2n) is 6.00. The third-order valence-corrected chi connectivity index (χ3v) is 6.02. The first kappa shape index (κ1) is 19.9. The molecule has 0 aliphatic carbocycles. The lowest BCUT2D eigenvalue weighted by atomic mass is 10.1. The molecule has 3 aromatic rings. The molecule has 1 aromatic heterocycles. The number of benzene rings is 2. The number of nitrogens with zero attached hydrogens (tertiary/aromatic N) is 3. The van der Waals surface area contributed by atoms with Gasteiger partial charge in [0.15, 0.2) is 11.0 Å². The van der Waals surface area contributed by atoms with Gasteiger partial charge in [-0.15, -0.1) is 10.2 Å². The number of nitrogens with two attached hydrogens (primary N) is 1. The van der Waals surface area contributed by atoms with Crippen LogP contribution in [0.5, 0.6) is 0 Å². The monoisotopic (exact) mass is 422 g/mol. The van der Waals surface area contributed by atoms with Gasteiger partial charge in [0, 0.05) is 16.3 Å². The van der Waals surface area contributed by atoms with Gasteiger partial charge in [-0.25, -0.2) is 13.6 Å². The van der Waals surface area contributed by atoms with Crippen molar-refractivity contribution < 1.29 is 8.42 Å². The van der Waals surface area contributed by atoms with Crippen molar-refractivity contribution in [1.82, 2.24) is 14.8 Å². The van der Waals surface area contributed by atoms with E-state index in [9.17, 15) is 8.42 Å². The Kier molecular flexibility index (Phi) is 6.21. The third-order valence-electron chi connectivity index (χ3n) is 3.90. The van der Waals surface area contributed by atoms with Gasteiger partial charge >= 0.3 is 0 Å². The highest BCUT2D eigenvalue weighted by atomic mass is 35.5. The molecule has 0 amide bonds. The summed E-state index contributed by atoms with van der Waals surface area (Å²) in [4.78, 5) is 0. The van der Waals surface area contributed by atoms with E-state index >= 15 is 0 Å². The van der Waals surface area contributed by atoms with Gasteiger partial charge in [-0.3, -0.25) is 4.57 Å². The first-order valence-corrected chi connectivity index (χ1v) is 11.3. The lowest BCUT2D eigenvalue weighted by Crippen LogP contribution is -2.16. The number of hydrogen-bond acceptors (Lipinski definition) is 5. The largest absolute Gasteiger partial charge is 0.270 e. The van der Waals surface area contributed by atoms with Gasteiger partial charge in [0.05, 0.1) is 11.4 Å². The van der Waals surface area contributed by atoms with E-state index < -0.39 is 10.0 Å². The Labute approximate surface area is 167 Å². The summed E-state index contributed by atoms with van der Waals surface area (Å²) in [7, 11) is -3.46. The van der Waals surface area contributed by atoms with Crippen LogP contribution in [0.25, 0.3) is 17.1 Å². The van der Waals surface area contributed by atoms with Gasteiger partial charge in [-0.05, 0) is 49.2 Å². The highest BCUT2D eigenvalue weighted by Gasteiger charge is 2.17. The first-order valence-electron chi connectivity index (χ1n) is 8.26. The molecule has 9 heteroatoms. The lowest BCUT2D eigenvalue weighted by molar-refractivity contribution is 0.596. The molecule has 2 N–H and O–H groups in total. The SMILES string of the molecule is Cc1ccccc1-n1c(SCCCS(N)(=O)=O)nnc1-c1ccc(Cl)cc1. The molecule has 0 bridgehead atoms. The lowest BCUT2D eigenvalue weighted by Gasteiger charge is -2.13. The normalized spacial score (nSPS) is 11.7. The number of sulfonamides is 1. The van der Waals surface area contributed by atoms with Gasteiger partial charge in [0.2, 0.25) is 10.0 Å². The van der Waals surface area contributed by atoms with E-state index in [4.69, 9.17) is 16.7 Å². The van der Waals surface area contributed by atoms with Crippen molar-refractivity contribution in [2.75, 3.05) is 11.5 Å². The zero-order valence-corrected chi connectivity index (χ0v) is 17.1. The molecule has 0 saturated carbocycles. The summed E-state index contributed by atoms with van der Waals surface area (Å²) in [6.07, 6.45) is 0.445. The van der Waals surface area contributed by atoms with Crippen molar-refractivity contribution in [2.24, 2.45) is 5.14 Å². The van der Waals surface area contributed by atoms with Crippen LogP contribution in [0.15, 0.2) is 53.7 Å². The van der Waals surface area contributed by atoms with E-state index in [2.05, 4.69) is 10.2 Å². The highest BCUT2D eigenvalue weighted by Crippen LogP contribution is 2.30. The smallest absolute Gasteiger partial charge is 0.209 e. The van der Waals surface area contributed by atoms with E-state index in [1.54, 1.807) is 0 Å². The average Bonchev–Trinajstić information content (AvgIpc) is 3.03. The Hall–Kier alpha value is -1.87. The summed E-state index contributed by atoms with van der Waals surface area (Å²) in [5, 5.41) is 15.1. The molecule has 0 atom stereocenters. The summed E-state index contributed by atoms with van der Waals surface area (Å²) in [6.45, 7) is 2.02. The van der Waals surface area contributed by atoms with Crippen LogP contribution in [-0.4, -0.2) is 34.7 Å². The number of para-hydroxylation sites is 1. The average molecular weight is 423 g/mol. The molecule has 27 heavy (non-hydrogen) atoms. The number of aromatic nitrogens is 3. The van der Waals surface area contributed by atoms with Crippen LogP contribution < -0.4 is 5.14 Å². The highest BCUT2D eigenvalue weighted by molar-refractivity contribution is 7.99. The maximum absolute atomic E-state index is 11.1. The molecule has 2 aromatic carbocycles. The Morgan fingerprint density at radius 1 is 1.11 bits per heavy atom. The summed E-state index contributed by atoms with van der Waals surface area (Å²) < 4.78 is 24.2. The third kappa shape index (κ3) is 5.10. The molecule has 6 nitrogen and oxygen atoms in total. The standard InChI is InChI=1S/C18H19ClN4O2S2/c1-13-5-2-3-6-16(13)23-17(14-7-9-15(19)10-8-14)21-22-18(23)26-11-4-12-27(20,24)25/h2-3,5-10H,4,11-12H2,1H3,(H2,20,24,25). The number of hydrogen-bond donors (Lipinski definition) is 1. The van der Waals surface area contributed by atoms with Crippen LogP contribution in [0.3, 0.4) is 0 Å². The van der Waals surface area contributed by atoms with Crippen molar-refractivity contribution >= 4 is 33.4 Å². The Balaban J connectivity index is 1.96. The minimum atomic E-state index is -3.46. The van der Waals surface area contributed by atoms with Crippen LogP contribution in [0.4, 0.5) is 0 Å². The summed E-state index contributed by atoms with van der Waals surface area (Å²) in [5.41, 5.74) is 2.95. The minimum Gasteiger partial charge on any atom is -0.270 e. The van der Waals surface area contributed by atoms with Crippen molar-refractivity contribution in [3.8, 4) is 17.1 Å². The zero-order chi connectivity index (χ0) is 19.4. The van der Waals surface area contributed by atoms with E-state index in [0.717, 1.165) is 16.8 Å². The molecule has 142 valence electrons. The van der Waals surface area contributed by atoms with Gasteiger partial charge in [0.25, 0.3) is 0 Å². The van der Waals surface area contributed by atoms with E-state index in [0.29, 0.717) is 28.2 Å². The number of primary sulfonamides is 1. The summed E-state index contributed by atoms with van der Waals surface area (Å²) in [6, 6.07) is 15.4. The Morgan fingerprint density at radius 2 is 1.81 bits per heavy atom. The van der Waals surface area contributed by atoms with E-state index in [1.807, 2.05) is 60.0 Å². The van der Waals surface area contributed by atoms with Crippen molar-refractivity contribution in [3.63, 3.8) is 0 Å². The molecule has 0 unspecified atom stereocenters. The van der Waals surface area contributed by atoms with Crippen molar-refractivity contribution in [3.05, 3.63) is 59.1 Å². The van der Waals surface area contributed by atoms with Gasteiger partial charge in [-0.2, -0.15) is 0 Å². The van der Waals surface area contributed by atoms with Crippen LogP contribution in [-0.2, 0) is 10.0 Å². The van der Waals surface area contributed by atoms with E-state index in [-0.39, 0.29) is 5.75 Å². The number of halogens is 1. The summed E-state index contributed by atoms with van der Waals surface area (Å²) >= 11 is 7.45. The second kappa shape index (κ2) is 8.43. The Morgan fingerprint density at radius 3 is 2.48 bits per heavy atom. The molecule has 0 fully saturated rings. The van der Waals surface area contributed by atoms with Crippen LogP contribution >= 0.6 is 23.4 Å². The molecule has 0 saturated heterocycles. The number of thioether (sulfide) groups is 1. The van der Waals surface area contributed by atoms with Crippen molar-refractivity contribution in [2.45, 2.75) is 18.5 Å². The molecule has 0 aliphatic heterocycles. The molecule has 0 radical (unpaired) electrons. The van der Waals surface area contributed by atoms with Crippen LogP contribution in [0, 0.1) is 6.92 Å². The first-order chi connectivity index (χ1) is 12.8. The second-order valence-corrected chi connectivity index (χ2v) is 9.24. The maximum Gasteiger partial charge on any atom is 0.209 e. The molecule has 1 heterocycles. The maximum atomic E-state index is 11.1. The predicted octanol–water partition coefficient (Wildman–Crippen LogP) is 3.67. The quantitative estimate of drug-likeness (QED) is 0.463. The molecule has 0 aliphatic rings. The zero-order valence-electron chi connectivity index (χ0n) is 14.7. The minimum absolute atomic E-state index is 0.0530. The molecular formula is C18H19ClN4O2S2. The fourth-order valence-corrected chi connectivity index (χ4v) is 4.34. The molecule has 0 spiro atoms. The fourth-order valence-electron chi connectivity index (χ4n) is 2.60. The van der Waals surface area contributed by atoms with Crippen LogP contribution in [0.1, 0.15) is 12.0 Å². The fraction of sp³-hybridized carbons (Fsp3) is 0.222. The Bertz CT molecular complexity index is 1030. The number of aryl methyl sites for hydroxylation is 1. The number of rotatable bonds is 7. The van der Waals surface area contributed by atoms with E-state index in [1.165, 1.54) is 11.8 Å². The summed E-state index contributed by atoms with van der Waals surface area (Å²) in [5.74, 6) is 1.22. The topological polar surface area (TPSA) is 90.9 Å². The van der Waals surface area contributed by atoms with Crippen molar-refractivity contribution in [1.29, 1.82) is 0 Å². The van der Waals surface area contributed by atoms with Gasteiger partial charge < -0.3 is 0 Å². The molecule has 3 rings (SSSR count). The van der Waals surface area contributed by atoms with Gasteiger partial charge in [0.1, 0.15) is 0 Å².